The van der Waals surface area contributed by atoms with E-state index in [0.717, 1.165) is 70.6 Å². The van der Waals surface area contributed by atoms with Crippen molar-refractivity contribution in [3.05, 3.63) is 0 Å². The summed E-state index contributed by atoms with van der Waals surface area (Å²) in [5.41, 5.74) is 0. The number of ether oxygens (including phenoxy) is 2. The molecule has 180 valence electrons. The average Bonchev–Trinajstić information content (AvgIpc) is 3.05. The highest BCUT2D eigenvalue weighted by molar-refractivity contribution is 5.82. The van der Waals surface area contributed by atoms with Gasteiger partial charge in [0.15, 0.2) is 0 Å². The van der Waals surface area contributed by atoms with Crippen LogP contribution in [0.4, 0.5) is 13.2 Å². The van der Waals surface area contributed by atoms with Gasteiger partial charge in [0.25, 0.3) is 0 Å². The fourth-order valence-corrected chi connectivity index (χ4v) is 3.79. The molecule has 1 heterocycles. The highest BCUT2D eigenvalue weighted by Gasteiger charge is 2.41. The van der Waals surface area contributed by atoms with Crippen LogP contribution in [0, 0.1) is 5.92 Å². The third kappa shape index (κ3) is 12.0. The van der Waals surface area contributed by atoms with Crippen molar-refractivity contribution < 1.29 is 42.1 Å². The van der Waals surface area contributed by atoms with E-state index in [4.69, 9.17) is 9.84 Å². The van der Waals surface area contributed by atoms with Crippen LogP contribution >= 0.6 is 0 Å². The van der Waals surface area contributed by atoms with Gasteiger partial charge in [-0.1, -0.05) is 57.8 Å². The molecular weight excluding hydrogens is 417 g/mol. The summed E-state index contributed by atoms with van der Waals surface area (Å²) < 4.78 is 45.7. The number of carbonyl (C=O) groups excluding carboxylic acids is 2. The normalized spacial score (nSPS) is 19.8. The molecule has 0 radical (unpaired) electrons. The monoisotopic (exact) mass is 452 g/mol. The first kappa shape index (κ1) is 27.2. The summed E-state index contributed by atoms with van der Waals surface area (Å²) in [7, 11) is 0. The van der Waals surface area contributed by atoms with E-state index in [0.29, 0.717) is 12.8 Å². The molecule has 0 amide bonds. The van der Waals surface area contributed by atoms with Crippen molar-refractivity contribution in [3.63, 3.8) is 0 Å². The van der Waals surface area contributed by atoms with Crippen LogP contribution in [0.5, 0.6) is 0 Å². The zero-order valence-corrected chi connectivity index (χ0v) is 18.3. The molecule has 9 heteroatoms. The Morgan fingerprint density at radius 3 is 1.97 bits per heavy atom. The smallest absolute Gasteiger partial charge is 0.481 e. The number of esters is 2. The van der Waals surface area contributed by atoms with Crippen molar-refractivity contribution in [1.82, 2.24) is 0 Å². The Kier molecular flexibility index (Phi) is 12.6. The lowest BCUT2D eigenvalue weighted by Gasteiger charge is -2.14. The van der Waals surface area contributed by atoms with Crippen LogP contribution in [0.25, 0.3) is 0 Å². The first-order chi connectivity index (χ1) is 14.6. The van der Waals surface area contributed by atoms with Gasteiger partial charge in [-0.2, -0.15) is 13.2 Å². The molecule has 3 atom stereocenters. The Hall–Kier alpha value is -1.80. The van der Waals surface area contributed by atoms with Gasteiger partial charge in [-0.25, -0.2) is 4.79 Å². The van der Waals surface area contributed by atoms with Gasteiger partial charge in [0.1, 0.15) is 12.0 Å². The fraction of sp³-hybridized carbons (Fsp3) is 0.864. The number of carboxylic acid groups (broad SMARTS) is 1. The maximum absolute atomic E-state index is 12.1. The van der Waals surface area contributed by atoms with Crippen LogP contribution in [0.1, 0.15) is 96.8 Å². The summed E-state index contributed by atoms with van der Waals surface area (Å²) in [6.07, 6.45) is 6.11. The number of rotatable bonds is 16. The van der Waals surface area contributed by atoms with Gasteiger partial charge in [-0.3, -0.25) is 9.59 Å². The predicted octanol–water partition coefficient (Wildman–Crippen LogP) is 5.57. The quantitative estimate of drug-likeness (QED) is 0.243. The van der Waals surface area contributed by atoms with Gasteiger partial charge in [-0.05, 0) is 32.6 Å². The molecule has 0 bridgehead atoms. The molecule has 0 unspecified atom stereocenters. The predicted molar refractivity (Wildman–Crippen MR) is 107 cm³/mol. The highest BCUT2D eigenvalue weighted by Crippen LogP contribution is 2.27. The highest BCUT2D eigenvalue weighted by atomic mass is 19.4. The molecule has 0 aromatic heterocycles. The molecule has 1 rings (SSSR count). The van der Waals surface area contributed by atoms with Gasteiger partial charge in [0.05, 0.1) is 12.5 Å². The van der Waals surface area contributed by atoms with E-state index >= 15 is 0 Å². The number of hydrogen-bond donors (Lipinski definition) is 1. The summed E-state index contributed by atoms with van der Waals surface area (Å²) in [6.45, 7) is 1.48. The SMILES string of the molecule is C[C@H](CCCCCCCCCCCCC[C@H]1OC(=O)C[C@H]1C(=O)O)OC(=O)C(F)(F)F. The van der Waals surface area contributed by atoms with E-state index in [1.54, 1.807) is 0 Å². The number of halogens is 3. The molecule has 0 aliphatic carbocycles. The zero-order chi connectivity index (χ0) is 23.3. The van der Waals surface area contributed by atoms with Gasteiger partial charge < -0.3 is 14.6 Å². The van der Waals surface area contributed by atoms with E-state index in [-0.39, 0.29) is 6.42 Å². The van der Waals surface area contributed by atoms with Crippen LogP contribution in [0.15, 0.2) is 0 Å². The summed E-state index contributed by atoms with van der Waals surface area (Å²) in [6, 6.07) is 0. The fourth-order valence-electron chi connectivity index (χ4n) is 3.79. The molecule has 6 nitrogen and oxygen atoms in total. The van der Waals surface area contributed by atoms with E-state index in [1.807, 2.05) is 0 Å². The summed E-state index contributed by atoms with van der Waals surface area (Å²) in [4.78, 5) is 33.1. The first-order valence-electron chi connectivity index (χ1n) is 11.3. The number of hydrogen-bond acceptors (Lipinski definition) is 5. The molecule has 0 saturated carbocycles. The topological polar surface area (TPSA) is 89.9 Å². The van der Waals surface area contributed by atoms with Crippen molar-refractivity contribution >= 4 is 17.9 Å². The first-order valence-corrected chi connectivity index (χ1v) is 11.3. The second-order valence-corrected chi connectivity index (χ2v) is 8.36. The van der Waals surface area contributed by atoms with E-state index in [2.05, 4.69) is 4.74 Å². The van der Waals surface area contributed by atoms with Crippen molar-refractivity contribution in [1.29, 1.82) is 0 Å². The molecule has 1 aliphatic rings. The summed E-state index contributed by atoms with van der Waals surface area (Å²) >= 11 is 0. The third-order valence-electron chi connectivity index (χ3n) is 5.57. The summed E-state index contributed by atoms with van der Waals surface area (Å²) in [5.74, 6) is -4.20. The Balaban J connectivity index is 1.88. The average molecular weight is 453 g/mol. The lowest BCUT2D eigenvalue weighted by Crippen LogP contribution is -2.28. The summed E-state index contributed by atoms with van der Waals surface area (Å²) in [5, 5.41) is 9.09. The van der Waals surface area contributed by atoms with E-state index in [9.17, 15) is 27.6 Å². The molecular formula is C22H35F3O6. The molecule has 1 aliphatic heterocycles. The molecule has 1 saturated heterocycles. The van der Waals surface area contributed by atoms with Gasteiger partial charge in [0, 0.05) is 0 Å². The number of cyclic esters (lactones) is 1. The second-order valence-electron chi connectivity index (χ2n) is 8.36. The Morgan fingerprint density at radius 1 is 1.00 bits per heavy atom. The standard InChI is InChI=1S/C22H35F3O6/c1-16(30-21(29)22(23,24)25)13-11-9-7-5-3-2-4-6-8-10-12-14-18-17(20(27)28)15-19(26)31-18/h16-18H,2-15H2,1H3,(H,27,28)/t16-,17-,18-/m1/s1. The Labute approximate surface area is 181 Å². The Bertz CT molecular complexity index is 564. The molecule has 1 fully saturated rings. The van der Waals surface area contributed by atoms with E-state index < -0.39 is 42.2 Å². The maximum Gasteiger partial charge on any atom is 0.490 e. The number of aliphatic carboxylic acids is 1. The van der Waals surface area contributed by atoms with Crippen LogP contribution in [-0.4, -0.2) is 41.4 Å². The van der Waals surface area contributed by atoms with Crippen LogP contribution < -0.4 is 0 Å². The van der Waals surface area contributed by atoms with Crippen LogP contribution in [0.3, 0.4) is 0 Å². The minimum Gasteiger partial charge on any atom is -0.481 e. The molecule has 0 aromatic rings. The minimum absolute atomic E-state index is 0.0233. The Morgan fingerprint density at radius 2 is 1.48 bits per heavy atom. The molecule has 0 spiro atoms. The lowest BCUT2D eigenvalue weighted by atomic mass is 9.96. The van der Waals surface area contributed by atoms with Crippen molar-refractivity contribution in [2.75, 3.05) is 0 Å². The zero-order valence-electron chi connectivity index (χ0n) is 18.3. The number of carbonyl (C=O) groups is 3. The van der Waals surface area contributed by atoms with Crippen LogP contribution in [-0.2, 0) is 23.9 Å². The van der Waals surface area contributed by atoms with Crippen LogP contribution in [0.2, 0.25) is 0 Å². The third-order valence-corrected chi connectivity index (χ3v) is 5.57. The maximum atomic E-state index is 12.1. The van der Waals surface area contributed by atoms with E-state index in [1.165, 1.54) is 6.92 Å². The minimum atomic E-state index is -4.93. The van der Waals surface area contributed by atoms with Gasteiger partial charge in [-0.15, -0.1) is 0 Å². The van der Waals surface area contributed by atoms with Crippen molar-refractivity contribution in [2.24, 2.45) is 5.92 Å². The second kappa shape index (κ2) is 14.3. The largest absolute Gasteiger partial charge is 0.490 e. The van der Waals surface area contributed by atoms with Gasteiger partial charge in [0.2, 0.25) is 0 Å². The van der Waals surface area contributed by atoms with Crippen molar-refractivity contribution in [3.8, 4) is 0 Å². The van der Waals surface area contributed by atoms with Gasteiger partial charge >= 0.3 is 24.1 Å². The molecule has 31 heavy (non-hydrogen) atoms. The number of unbranched alkanes of at least 4 members (excludes halogenated alkanes) is 10. The number of carboxylic acids is 1. The lowest BCUT2D eigenvalue weighted by molar-refractivity contribution is -0.204. The molecule has 1 N–H and O–H groups in total. The van der Waals surface area contributed by atoms with Crippen molar-refractivity contribution in [2.45, 2.75) is 115 Å². The molecule has 0 aromatic carbocycles. The number of alkyl halides is 3.